The highest BCUT2D eigenvalue weighted by Gasteiger charge is 2.16. The molecule has 0 unspecified atom stereocenters. The summed E-state index contributed by atoms with van der Waals surface area (Å²) < 4.78 is 0. The number of pyridine rings is 1. The molecule has 0 atom stereocenters. The third-order valence-electron chi connectivity index (χ3n) is 2.79. The minimum Gasteiger partial charge on any atom is -0.399 e. The van der Waals surface area contributed by atoms with Crippen LogP contribution in [0, 0.1) is 12.3 Å². The van der Waals surface area contributed by atoms with E-state index in [1.807, 2.05) is 19.1 Å². The summed E-state index contributed by atoms with van der Waals surface area (Å²) in [6.45, 7) is 5.61. The molecule has 1 aromatic rings. The van der Waals surface area contributed by atoms with Gasteiger partial charge in [0.1, 0.15) is 0 Å². The molecule has 2 rings (SSSR count). The van der Waals surface area contributed by atoms with E-state index in [9.17, 15) is 0 Å². The van der Waals surface area contributed by atoms with Gasteiger partial charge in [-0.05, 0) is 47.9 Å². The number of aromatic nitrogens is 1. The van der Waals surface area contributed by atoms with Crippen LogP contribution in [0.5, 0.6) is 0 Å². The highest BCUT2D eigenvalue weighted by Crippen LogP contribution is 2.29. The van der Waals surface area contributed by atoms with Crippen LogP contribution in [0.4, 0.5) is 0 Å². The maximum atomic E-state index is 7.93. The molecular weight excluding hydrogens is 258 g/mol. The van der Waals surface area contributed by atoms with E-state index in [2.05, 4.69) is 11.6 Å². The van der Waals surface area contributed by atoms with Gasteiger partial charge in [-0.25, -0.2) is 0 Å². The number of allylic oxidation sites excluding steroid dienone is 6. The number of hydrogen-bond acceptors (Lipinski definition) is 3. The van der Waals surface area contributed by atoms with Crippen LogP contribution in [0.2, 0.25) is 0 Å². The van der Waals surface area contributed by atoms with E-state index >= 15 is 0 Å². The zero-order chi connectivity index (χ0) is 14.0. The van der Waals surface area contributed by atoms with Crippen LogP contribution in [0.1, 0.15) is 11.1 Å². The molecule has 4 heteroatoms. The molecule has 1 aliphatic rings. The summed E-state index contributed by atoms with van der Waals surface area (Å²) in [5.74, 6) is 0. The summed E-state index contributed by atoms with van der Waals surface area (Å²) in [5.41, 5.74) is 9.91. The molecule has 1 aliphatic carbocycles. The van der Waals surface area contributed by atoms with Crippen LogP contribution in [0.15, 0.2) is 59.6 Å². The fourth-order valence-corrected chi connectivity index (χ4v) is 2.12. The molecule has 3 N–H and O–H groups in total. The number of hydrogen-bond donors (Lipinski definition) is 2. The van der Waals surface area contributed by atoms with E-state index in [-0.39, 0.29) is 5.71 Å². The SMILES string of the molecule is C=C(N)/C=C1/C=C(c2ccncc2C)C=C(Cl)C1=N. The number of aryl methyl sites for hydroxylation is 1. The van der Waals surface area contributed by atoms with Crippen LogP contribution in [0.25, 0.3) is 5.57 Å². The third kappa shape index (κ3) is 2.83. The summed E-state index contributed by atoms with van der Waals surface area (Å²) in [6, 6.07) is 1.92. The van der Waals surface area contributed by atoms with Crippen LogP contribution >= 0.6 is 11.6 Å². The van der Waals surface area contributed by atoms with Gasteiger partial charge in [-0.3, -0.25) is 10.4 Å². The average Bonchev–Trinajstić information content (AvgIpc) is 2.35. The number of halogens is 1. The van der Waals surface area contributed by atoms with E-state index in [1.54, 1.807) is 24.5 Å². The normalized spacial score (nSPS) is 17.2. The first-order chi connectivity index (χ1) is 8.99. The Morgan fingerprint density at radius 3 is 2.84 bits per heavy atom. The van der Waals surface area contributed by atoms with Gasteiger partial charge >= 0.3 is 0 Å². The Labute approximate surface area is 117 Å². The Morgan fingerprint density at radius 1 is 1.47 bits per heavy atom. The maximum Gasteiger partial charge on any atom is 0.0799 e. The first kappa shape index (κ1) is 13.3. The first-order valence-corrected chi connectivity index (χ1v) is 6.12. The van der Waals surface area contributed by atoms with E-state index in [4.69, 9.17) is 22.7 Å². The van der Waals surface area contributed by atoms with Crippen molar-refractivity contribution >= 4 is 22.9 Å². The minimum atomic E-state index is 0.253. The van der Waals surface area contributed by atoms with Gasteiger partial charge < -0.3 is 5.73 Å². The number of nitrogens with two attached hydrogens (primary N) is 1. The van der Waals surface area contributed by atoms with Gasteiger partial charge in [-0.2, -0.15) is 0 Å². The predicted molar refractivity (Wildman–Crippen MR) is 80.0 cm³/mol. The number of nitrogens with one attached hydrogen (secondary N) is 1. The fraction of sp³-hybridized carbons (Fsp3) is 0.0667. The van der Waals surface area contributed by atoms with Gasteiger partial charge in [-0.15, -0.1) is 0 Å². The topological polar surface area (TPSA) is 62.8 Å². The molecule has 0 saturated carbocycles. The number of nitrogens with zero attached hydrogens (tertiary/aromatic N) is 1. The summed E-state index contributed by atoms with van der Waals surface area (Å²) in [7, 11) is 0. The van der Waals surface area contributed by atoms with Crippen molar-refractivity contribution in [2.45, 2.75) is 6.92 Å². The Morgan fingerprint density at radius 2 is 2.21 bits per heavy atom. The second-order valence-corrected chi connectivity index (χ2v) is 4.74. The molecule has 0 bridgehead atoms. The molecule has 0 saturated heterocycles. The Balaban J connectivity index is 2.55. The molecule has 1 heterocycles. The molecule has 0 amide bonds. The number of rotatable bonds is 2. The average molecular weight is 272 g/mol. The summed E-state index contributed by atoms with van der Waals surface area (Å²) >= 11 is 6.11. The molecule has 0 fully saturated rings. The molecule has 96 valence electrons. The lowest BCUT2D eigenvalue weighted by Gasteiger charge is -2.15. The lowest BCUT2D eigenvalue weighted by Crippen LogP contribution is -2.07. The summed E-state index contributed by atoms with van der Waals surface area (Å²) in [4.78, 5) is 4.07. The van der Waals surface area contributed by atoms with Gasteiger partial charge in [0.2, 0.25) is 0 Å². The largest absolute Gasteiger partial charge is 0.399 e. The molecule has 0 aliphatic heterocycles. The predicted octanol–water partition coefficient (Wildman–Crippen LogP) is 3.33. The van der Waals surface area contributed by atoms with Crippen molar-refractivity contribution in [3.63, 3.8) is 0 Å². The van der Waals surface area contributed by atoms with Crippen LogP contribution in [-0.4, -0.2) is 10.7 Å². The van der Waals surface area contributed by atoms with E-state index < -0.39 is 0 Å². The van der Waals surface area contributed by atoms with Crippen molar-refractivity contribution in [3.8, 4) is 0 Å². The minimum absolute atomic E-state index is 0.253. The van der Waals surface area contributed by atoms with E-state index in [0.717, 1.165) is 16.7 Å². The molecule has 0 aromatic carbocycles. The molecule has 19 heavy (non-hydrogen) atoms. The quantitative estimate of drug-likeness (QED) is 0.867. The van der Waals surface area contributed by atoms with Crippen LogP contribution in [-0.2, 0) is 0 Å². The Kier molecular flexibility index (Phi) is 3.67. The second kappa shape index (κ2) is 5.24. The Hall–Kier alpha value is -2.13. The smallest absolute Gasteiger partial charge is 0.0799 e. The third-order valence-corrected chi connectivity index (χ3v) is 3.09. The van der Waals surface area contributed by atoms with Gasteiger partial charge in [0.25, 0.3) is 0 Å². The van der Waals surface area contributed by atoms with Crippen molar-refractivity contribution in [1.82, 2.24) is 4.98 Å². The highest BCUT2D eigenvalue weighted by molar-refractivity contribution is 6.47. The monoisotopic (exact) mass is 271 g/mol. The van der Waals surface area contributed by atoms with E-state index in [0.29, 0.717) is 16.3 Å². The lowest BCUT2D eigenvalue weighted by atomic mass is 9.93. The fourth-order valence-electron chi connectivity index (χ4n) is 1.89. The van der Waals surface area contributed by atoms with Gasteiger partial charge in [-0.1, -0.05) is 18.2 Å². The van der Waals surface area contributed by atoms with Crippen molar-refractivity contribution in [3.05, 3.63) is 70.7 Å². The van der Waals surface area contributed by atoms with Gasteiger partial charge in [0, 0.05) is 23.7 Å². The van der Waals surface area contributed by atoms with Crippen molar-refractivity contribution in [1.29, 1.82) is 5.41 Å². The van der Waals surface area contributed by atoms with Crippen molar-refractivity contribution in [2.24, 2.45) is 5.73 Å². The molecule has 1 aromatic heterocycles. The summed E-state index contributed by atoms with van der Waals surface area (Å²) in [6.07, 6.45) is 8.84. The maximum absolute atomic E-state index is 7.93. The summed E-state index contributed by atoms with van der Waals surface area (Å²) in [5, 5.41) is 8.32. The lowest BCUT2D eigenvalue weighted by molar-refractivity contribution is 1.25. The van der Waals surface area contributed by atoms with Crippen LogP contribution in [0.3, 0.4) is 0 Å². The Bertz CT molecular complexity index is 651. The first-order valence-electron chi connectivity index (χ1n) is 5.74. The van der Waals surface area contributed by atoms with Gasteiger partial charge in [0.05, 0.1) is 10.7 Å². The van der Waals surface area contributed by atoms with Crippen molar-refractivity contribution in [2.75, 3.05) is 0 Å². The van der Waals surface area contributed by atoms with Crippen molar-refractivity contribution < 1.29 is 0 Å². The van der Waals surface area contributed by atoms with Gasteiger partial charge in [0.15, 0.2) is 0 Å². The van der Waals surface area contributed by atoms with Crippen LogP contribution < -0.4 is 5.73 Å². The molecule has 0 radical (unpaired) electrons. The zero-order valence-corrected chi connectivity index (χ0v) is 11.3. The molecule has 0 spiro atoms. The standard InChI is InChI=1S/C15H14ClN3/c1-9-8-19-4-3-13(9)11-6-12(5-10(2)17)15(18)14(16)7-11/h3-8,18H,2,17H2,1H3/b12-5-,18-15?. The molecule has 3 nitrogen and oxygen atoms in total. The second-order valence-electron chi connectivity index (χ2n) is 4.33. The zero-order valence-electron chi connectivity index (χ0n) is 10.6. The van der Waals surface area contributed by atoms with E-state index in [1.165, 1.54) is 0 Å². The molecular formula is C15H14ClN3. The highest BCUT2D eigenvalue weighted by atomic mass is 35.5.